The first kappa shape index (κ1) is 13.9. The zero-order valence-electron chi connectivity index (χ0n) is 11.0. The van der Waals surface area contributed by atoms with Gasteiger partial charge in [-0.3, -0.25) is 0 Å². The fourth-order valence-corrected chi connectivity index (χ4v) is 1.99. The Morgan fingerprint density at radius 2 is 1.74 bits per heavy atom. The Kier molecular flexibility index (Phi) is 5.25. The summed E-state index contributed by atoms with van der Waals surface area (Å²) in [7, 11) is 1.95. The SMILES string of the molecule is CNC(COc1ccccc1)Cc1ccc(Cl)cc1. The van der Waals surface area contributed by atoms with E-state index in [4.69, 9.17) is 16.3 Å². The van der Waals surface area contributed by atoms with Gasteiger partial charge in [0.05, 0.1) is 0 Å². The van der Waals surface area contributed by atoms with Crippen LogP contribution in [0.15, 0.2) is 54.6 Å². The van der Waals surface area contributed by atoms with Gasteiger partial charge in [0.25, 0.3) is 0 Å². The second-order valence-corrected chi connectivity index (χ2v) is 4.88. The molecule has 0 spiro atoms. The molecule has 0 saturated carbocycles. The topological polar surface area (TPSA) is 21.3 Å². The maximum absolute atomic E-state index is 5.88. The number of para-hydroxylation sites is 1. The lowest BCUT2D eigenvalue weighted by Crippen LogP contribution is -2.33. The molecule has 2 rings (SSSR count). The molecule has 0 amide bonds. The molecule has 0 heterocycles. The smallest absolute Gasteiger partial charge is 0.119 e. The molecule has 100 valence electrons. The second kappa shape index (κ2) is 7.17. The van der Waals surface area contributed by atoms with Gasteiger partial charge in [-0.25, -0.2) is 0 Å². The summed E-state index contributed by atoms with van der Waals surface area (Å²) in [4.78, 5) is 0. The molecule has 19 heavy (non-hydrogen) atoms. The Balaban J connectivity index is 1.88. The van der Waals surface area contributed by atoms with Crippen LogP contribution in [0.2, 0.25) is 5.02 Å². The molecule has 0 fully saturated rings. The van der Waals surface area contributed by atoms with Crippen LogP contribution < -0.4 is 10.1 Å². The van der Waals surface area contributed by atoms with Gasteiger partial charge in [-0.1, -0.05) is 41.9 Å². The van der Waals surface area contributed by atoms with Crippen molar-refractivity contribution in [3.05, 3.63) is 65.2 Å². The van der Waals surface area contributed by atoms with Gasteiger partial charge < -0.3 is 10.1 Å². The fourth-order valence-electron chi connectivity index (χ4n) is 1.86. The normalized spacial score (nSPS) is 12.1. The highest BCUT2D eigenvalue weighted by Gasteiger charge is 2.08. The maximum Gasteiger partial charge on any atom is 0.119 e. The number of likely N-dealkylation sites (N-methyl/N-ethyl adjacent to an activating group) is 1. The van der Waals surface area contributed by atoms with Gasteiger partial charge in [-0.2, -0.15) is 0 Å². The average Bonchev–Trinajstić information content (AvgIpc) is 2.46. The van der Waals surface area contributed by atoms with E-state index in [9.17, 15) is 0 Å². The molecule has 0 saturated heterocycles. The van der Waals surface area contributed by atoms with Gasteiger partial charge in [-0.15, -0.1) is 0 Å². The number of ether oxygens (including phenoxy) is 1. The molecule has 1 unspecified atom stereocenters. The molecule has 1 N–H and O–H groups in total. The molecule has 1 atom stereocenters. The van der Waals surface area contributed by atoms with Crippen LogP contribution in [-0.2, 0) is 6.42 Å². The maximum atomic E-state index is 5.88. The van der Waals surface area contributed by atoms with Crippen molar-refractivity contribution in [3.63, 3.8) is 0 Å². The van der Waals surface area contributed by atoms with E-state index in [0.29, 0.717) is 6.61 Å². The van der Waals surface area contributed by atoms with E-state index in [1.54, 1.807) is 0 Å². The average molecular weight is 276 g/mol. The minimum atomic E-state index is 0.279. The number of rotatable bonds is 6. The first-order valence-corrected chi connectivity index (χ1v) is 6.75. The zero-order valence-corrected chi connectivity index (χ0v) is 11.7. The third-order valence-electron chi connectivity index (χ3n) is 3.00. The Morgan fingerprint density at radius 3 is 2.37 bits per heavy atom. The van der Waals surface area contributed by atoms with Crippen molar-refractivity contribution in [1.82, 2.24) is 5.32 Å². The van der Waals surface area contributed by atoms with E-state index in [1.807, 2.05) is 49.5 Å². The summed E-state index contributed by atoms with van der Waals surface area (Å²) < 4.78 is 5.77. The van der Waals surface area contributed by atoms with E-state index < -0.39 is 0 Å². The largest absolute Gasteiger partial charge is 0.492 e. The van der Waals surface area contributed by atoms with E-state index in [-0.39, 0.29) is 6.04 Å². The standard InChI is InChI=1S/C16H18ClNO/c1-18-15(11-13-7-9-14(17)10-8-13)12-19-16-5-3-2-4-6-16/h2-10,15,18H,11-12H2,1H3. The van der Waals surface area contributed by atoms with Crippen molar-refractivity contribution in [2.75, 3.05) is 13.7 Å². The Bertz CT molecular complexity index is 484. The van der Waals surface area contributed by atoms with Gasteiger partial charge >= 0.3 is 0 Å². The summed E-state index contributed by atoms with van der Waals surface area (Å²) in [6, 6.07) is 18.1. The van der Waals surface area contributed by atoms with Crippen molar-refractivity contribution in [2.24, 2.45) is 0 Å². The van der Waals surface area contributed by atoms with Gasteiger partial charge in [0.1, 0.15) is 12.4 Å². The monoisotopic (exact) mass is 275 g/mol. The number of hydrogen-bond donors (Lipinski definition) is 1. The van der Waals surface area contributed by atoms with Crippen LogP contribution in [0.3, 0.4) is 0 Å². The number of benzene rings is 2. The molecule has 2 aromatic rings. The summed E-state index contributed by atoms with van der Waals surface area (Å²) in [5, 5.41) is 4.05. The summed E-state index contributed by atoms with van der Waals surface area (Å²) in [5.41, 5.74) is 1.25. The molecule has 0 aliphatic carbocycles. The molecule has 2 aromatic carbocycles. The van der Waals surface area contributed by atoms with E-state index in [0.717, 1.165) is 17.2 Å². The predicted octanol–water partition coefficient (Wildman–Crippen LogP) is 3.55. The fraction of sp³-hybridized carbons (Fsp3) is 0.250. The van der Waals surface area contributed by atoms with Crippen molar-refractivity contribution in [2.45, 2.75) is 12.5 Å². The molecule has 0 aliphatic heterocycles. The summed E-state index contributed by atoms with van der Waals surface area (Å²) in [5.74, 6) is 0.902. The van der Waals surface area contributed by atoms with E-state index in [2.05, 4.69) is 17.4 Å². The van der Waals surface area contributed by atoms with Gasteiger partial charge in [-0.05, 0) is 43.3 Å². The van der Waals surface area contributed by atoms with Crippen molar-refractivity contribution in [1.29, 1.82) is 0 Å². The highest BCUT2D eigenvalue weighted by Crippen LogP contribution is 2.12. The second-order valence-electron chi connectivity index (χ2n) is 4.44. The number of halogens is 1. The van der Waals surface area contributed by atoms with Crippen LogP contribution in [0.25, 0.3) is 0 Å². The van der Waals surface area contributed by atoms with Crippen molar-refractivity contribution in [3.8, 4) is 5.75 Å². The van der Waals surface area contributed by atoms with Gasteiger partial charge in [0.15, 0.2) is 0 Å². The predicted molar refractivity (Wildman–Crippen MR) is 79.9 cm³/mol. The third-order valence-corrected chi connectivity index (χ3v) is 3.25. The van der Waals surface area contributed by atoms with Crippen molar-refractivity contribution < 1.29 is 4.74 Å². The van der Waals surface area contributed by atoms with Crippen LogP contribution in [-0.4, -0.2) is 19.7 Å². The molecule has 0 aliphatic rings. The molecular formula is C16H18ClNO. The zero-order chi connectivity index (χ0) is 13.5. The van der Waals surface area contributed by atoms with Crippen LogP contribution >= 0.6 is 11.6 Å². The molecule has 2 nitrogen and oxygen atoms in total. The number of hydrogen-bond acceptors (Lipinski definition) is 2. The summed E-state index contributed by atoms with van der Waals surface area (Å²) >= 11 is 5.88. The molecule has 0 aromatic heterocycles. The van der Waals surface area contributed by atoms with Gasteiger partial charge in [0, 0.05) is 11.1 Å². The molecule has 3 heteroatoms. The highest BCUT2D eigenvalue weighted by atomic mass is 35.5. The van der Waals surface area contributed by atoms with Gasteiger partial charge in [0.2, 0.25) is 0 Å². The minimum Gasteiger partial charge on any atom is -0.492 e. The lowest BCUT2D eigenvalue weighted by Gasteiger charge is -2.17. The van der Waals surface area contributed by atoms with Crippen LogP contribution in [0.5, 0.6) is 5.75 Å². The first-order chi connectivity index (χ1) is 9.28. The first-order valence-electron chi connectivity index (χ1n) is 6.37. The Hall–Kier alpha value is -1.51. The number of nitrogens with one attached hydrogen (secondary N) is 1. The Morgan fingerprint density at radius 1 is 1.05 bits per heavy atom. The Labute approximate surface area is 119 Å². The lowest BCUT2D eigenvalue weighted by molar-refractivity contribution is 0.270. The van der Waals surface area contributed by atoms with E-state index in [1.165, 1.54) is 5.56 Å². The lowest BCUT2D eigenvalue weighted by atomic mass is 10.1. The summed E-state index contributed by atoms with van der Waals surface area (Å²) in [6.07, 6.45) is 0.917. The van der Waals surface area contributed by atoms with Crippen molar-refractivity contribution >= 4 is 11.6 Å². The molecule has 0 radical (unpaired) electrons. The third kappa shape index (κ3) is 4.58. The van der Waals surface area contributed by atoms with Crippen LogP contribution in [0, 0.1) is 0 Å². The molecular weight excluding hydrogens is 258 g/mol. The summed E-state index contributed by atoms with van der Waals surface area (Å²) in [6.45, 7) is 0.642. The van der Waals surface area contributed by atoms with Crippen LogP contribution in [0.1, 0.15) is 5.56 Å². The van der Waals surface area contributed by atoms with Crippen LogP contribution in [0.4, 0.5) is 0 Å². The minimum absolute atomic E-state index is 0.279. The highest BCUT2D eigenvalue weighted by molar-refractivity contribution is 6.30. The quantitative estimate of drug-likeness (QED) is 0.871. The molecule has 0 bridgehead atoms. The van der Waals surface area contributed by atoms with E-state index >= 15 is 0 Å².